The van der Waals surface area contributed by atoms with Crippen LogP contribution in [0.1, 0.15) is 23.9 Å². The molecule has 0 aliphatic carbocycles. The summed E-state index contributed by atoms with van der Waals surface area (Å²) in [7, 11) is -4.77. The lowest BCUT2D eigenvalue weighted by Crippen LogP contribution is -2.39. The van der Waals surface area contributed by atoms with Crippen LogP contribution in [-0.2, 0) is 27.4 Å². The van der Waals surface area contributed by atoms with Crippen LogP contribution < -0.4 is 10.5 Å². The van der Waals surface area contributed by atoms with E-state index in [0.717, 1.165) is 17.2 Å². The maximum atomic E-state index is 13.9. The number of imidazole rings is 1. The molecule has 0 fully saturated rings. The third kappa shape index (κ3) is 6.89. The van der Waals surface area contributed by atoms with Gasteiger partial charge >= 0.3 is 14.0 Å². The Morgan fingerprint density at radius 1 is 0.974 bits per heavy atom. The fourth-order valence-electron chi connectivity index (χ4n) is 3.67. The molecule has 12 heteroatoms. The maximum Gasteiger partial charge on any atom is 0.469 e. The van der Waals surface area contributed by atoms with Crippen LogP contribution in [0, 0.1) is 0 Å². The van der Waals surface area contributed by atoms with Crippen molar-refractivity contribution in [3.63, 3.8) is 0 Å². The first-order valence-corrected chi connectivity index (χ1v) is 12.9. The first-order chi connectivity index (χ1) is 17.8. The van der Waals surface area contributed by atoms with Crippen molar-refractivity contribution in [2.45, 2.75) is 25.2 Å². The lowest BCUT2D eigenvalue weighted by molar-refractivity contribution is -0.139. The van der Waals surface area contributed by atoms with Gasteiger partial charge in [0.15, 0.2) is 0 Å². The summed E-state index contributed by atoms with van der Waals surface area (Å²) in [5, 5.41) is 0. The molecule has 0 aliphatic rings. The quantitative estimate of drug-likeness (QED) is 0.200. The summed E-state index contributed by atoms with van der Waals surface area (Å²) in [4.78, 5) is 24.7. The SMILES string of the molecule is CC(N)(COP(=O)(O)O)c1ncc(-c2ccc(OCc3ccc(-c4ccccc4)cc3)c(C(F)(F)F)c2)[nH]1. The average molecular weight is 547 g/mol. The van der Waals surface area contributed by atoms with Gasteiger partial charge in [-0.15, -0.1) is 0 Å². The van der Waals surface area contributed by atoms with E-state index in [9.17, 15) is 17.7 Å². The summed E-state index contributed by atoms with van der Waals surface area (Å²) in [5.41, 5.74) is 6.74. The molecule has 4 rings (SSSR count). The molecule has 0 amide bonds. The van der Waals surface area contributed by atoms with Crippen LogP contribution in [-0.4, -0.2) is 26.4 Å². The molecule has 5 N–H and O–H groups in total. The third-order valence-corrected chi connectivity index (χ3v) is 6.17. The fraction of sp³-hybridized carbons (Fsp3) is 0.192. The van der Waals surface area contributed by atoms with Crippen LogP contribution in [0.25, 0.3) is 22.4 Å². The van der Waals surface area contributed by atoms with Crippen molar-refractivity contribution in [3.8, 4) is 28.1 Å². The van der Waals surface area contributed by atoms with Crippen LogP contribution in [0.15, 0.2) is 79.0 Å². The smallest absolute Gasteiger partial charge is 0.469 e. The van der Waals surface area contributed by atoms with Crippen LogP contribution in [0.2, 0.25) is 0 Å². The molecule has 0 radical (unpaired) electrons. The number of nitrogens with zero attached hydrogens (tertiary/aromatic N) is 1. The van der Waals surface area contributed by atoms with Crippen LogP contribution in [0.5, 0.6) is 5.75 Å². The van der Waals surface area contributed by atoms with Gasteiger partial charge in [-0.3, -0.25) is 4.52 Å². The molecule has 8 nitrogen and oxygen atoms in total. The van der Waals surface area contributed by atoms with E-state index in [0.29, 0.717) is 5.56 Å². The van der Waals surface area contributed by atoms with Gasteiger partial charge in [-0.25, -0.2) is 9.55 Å². The lowest BCUT2D eigenvalue weighted by atomic mass is 10.0. The van der Waals surface area contributed by atoms with Gasteiger partial charge in [0, 0.05) is 5.56 Å². The highest BCUT2D eigenvalue weighted by molar-refractivity contribution is 7.46. The largest absolute Gasteiger partial charge is 0.488 e. The van der Waals surface area contributed by atoms with Crippen molar-refractivity contribution in [2.75, 3.05) is 6.61 Å². The van der Waals surface area contributed by atoms with Gasteiger partial charge in [0.05, 0.1) is 29.6 Å². The molecule has 1 unspecified atom stereocenters. The zero-order valence-corrected chi connectivity index (χ0v) is 21.0. The number of phosphoric acid groups is 1. The second-order valence-corrected chi connectivity index (χ2v) is 10.1. The second-order valence-electron chi connectivity index (χ2n) is 8.89. The molecule has 3 aromatic carbocycles. The van der Waals surface area contributed by atoms with Crippen molar-refractivity contribution < 1.29 is 36.8 Å². The average Bonchev–Trinajstić information content (AvgIpc) is 3.38. The van der Waals surface area contributed by atoms with E-state index >= 15 is 0 Å². The Morgan fingerprint density at radius 2 is 1.61 bits per heavy atom. The lowest BCUT2D eigenvalue weighted by Gasteiger charge is -2.22. The molecular formula is C26H25F3N3O5P. The molecule has 1 aromatic heterocycles. The molecule has 0 saturated carbocycles. The minimum absolute atomic E-state index is 0.0587. The Labute approximate surface area is 216 Å². The van der Waals surface area contributed by atoms with Gasteiger partial charge in [0.1, 0.15) is 18.2 Å². The molecule has 0 bridgehead atoms. The number of H-pyrrole nitrogens is 1. The van der Waals surface area contributed by atoms with E-state index in [2.05, 4.69) is 14.5 Å². The van der Waals surface area contributed by atoms with Gasteiger partial charge in [0.25, 0.3) is 0 Å². The highest BCUT2D eigenvalue weighted by Gasteiger charge is 2.35. The van der Waals surface area contributed by atoms with Crippen molar-refractivity contribution in [3.05, 3.63) is 95.9 Å². The molecule has 200 valence electrons. The number of rotatable bonds is 9. The molecule has 1 heterocycles. The number of nitrogens with two attached hydrogens (primary N) is 1. The van der Waals surface area contributed by atoms with E-state index in [1.54, 1.807) is 12.1 Å². The predicted molar refractivity (Wildman–Crippen MR) is 135 cm³/mol. The number of aromatic amines is 1. The molecule has 38 heavy (non-hydrogen) atoms. The summed E-state index contributed by atoms with van der Waals surface area (Å²) in [6.07, 6.45) is -3.41. The van der Waals surface area contributed by atoms with Crippen LogP contribution in [0.4, 0.5) is 13.2 Å². The number of nitrogens with one attached hydrogen (secondary N) is 1. The molecular weight excluding hydrogens is 522 g/mol. The Balaban J connectivity index is 1.52. The molecule has 4 aromatic rings. The Morgan fingerprint density at radius 3 is 2.24 bits per heavy atom. The van der Waals surface area contributed by atoms with Gasteiger partial charge in [-0.2, -0.15) is 13.2 Å². The number of halogens is 3. The fourth-order valence-corrected chi connectivity index (χ4v) is 4.11. The van der Waals surface area contributed by atoms with E-state index in [-0.39, 0.29) is 29.4 Å². The number of hydrogen-bond acceptors (Lipinski definition) is 5. The van der Waals surface area contributed by atoms with Gasteiger partial charge in [-0.1, -0.05) is 54.6 Å². The molecule has 0 aliphatic heterocycles. The Bertz CT molecular complexity index is 1430. The number of hydrogen-bond donors (Lipinski definition) is 4. The zero-order chi connectivity index (χ0) is 27.6. The van der Waals surface area contributed by atoms with E-state index in [1.165, 1.54) is 25.3 Å². The molecule has 0 saturated heterocycles. The topological polar surface area (TPSA) is 131 Å². The van der Waals surface area contributed by atoms with Crippen LogP contribution in [0.3, 0.4) is 0 Å². The summed E-state index contributed by atoms with van der Waals surface area (Å²) < 4.78 is 62.7. The highest BCUT2D eigenvalue weighted by Crippen LogP contribution is 2.40. The van der Waals surface area contributed by atoms with Crippen LogP contribution >= 0.6 is 7.82 Å². The van der Waals surface area contributed by atoms with Crippen molar-refractivity contribution in [2.24, 2.45) is 5.73 Å². The summed E-state index contributed by atoms with van der Waals surface area (Å²) in [6, 6.07) is 20.7. The first kappa shape index (κ1) is 27.6. The van der Waals surface area contributed by atoms with Gasteiger partial charge in [0.2, 0.25) is 0 Å². The van der Waals surface area contributed by atoms with Gasteiger partial charge in [-0.05, 0) is 41.8 Å². The number of aromatic nitrogens is 2. The Hall–Kier alpha value is -3.47. The minimum Gasteiger partial charge on any atom is -0.488 e. The molecule has 0 spiro atoms. The van der Waals surface area contributed by atoms with E-state index in [4.69, 9.17) is 20.3 Å². The predicted octanol–water partition coefficient (Wildman–Crippen LogP) is 5.62. The first-order valence-electron chi connectivity index (χ1n) is 11.3. The minimum atomic E-state index is -4.77. The maximum absolute atomic E-state index is 13.9. The Kier molecular flexibility index (Phi) is 7.78. The third-order valence-electron chi connectivity index (χ3n) is 5.70. The number of alkyl halides is 3. The number of benzene rings is 3. The summed E-state index contributed by atoms with van der Waals surface area (Å²) >= 11 is 0. The number of phosphoric ester groups is 1. The van der Waals surface area contributed by atoms with Crippen molar-refractivity contribution >= 4 is 7.82 Å². The van der Waals surface area contributed by atoms with Gasteiger partial charge < -0.3 is 25.2 Å². The van der Waals surface area contributed by atoms with E-state index in [1.807, 2.05) is 42.5 Å². The van der Waals surface area contributed by atoms with Crippen molar-refractivity contribution in [1.82, 2.24) is 9.97 Å². The van der Waals surface area contributed by atoms with E-state index < -0.39 is 31.7 Å². The number of ether oxygens (including phenoxy) is 1. The highest BCUT2D eigenvalue weighted by atomic mass is 31.2. The summed E-state index contributed by atoms with van der Waals surface area (Å²) in [5.74, 6) is -0.249. The monoisotopic (exact) mass is 547 g/mol. The van der Waals surface area contributed by atoms with Crippen molar-refractivity contribution in [1.29, 1.82) is 0 Å². The zero-order valence-electron chi connectivity index (χ0n) is 20.1. The molecule has 1 atom stereocenters. The normalized spacial score (nSPS) is 13.8. The standard InChI is InChI=1S/C26H25F3N3O5P/c1-25(30,16-37-38(33,34)35)24-31-14-22(32-24)20-11-12-23(21(13-20)26(27,28)29)36-15-17-7-9-19(10-8-17)18-5-3-2-4-6-18/h2-14H,15-16,30H2,1H3,(H,31,32)(H2,33,34,35). The second kappa shape index (κ2) is 10.7. The summed E-state index contributed by atoms with van der Waals surface area (Å²) in [6.45, 7) is 0.781.